The molecule has 0 unspecified atom stereocenters. The maximum atomic E-state index is 6.41. The van der Waals surface area contributed by atoms with Crippen LogP contribution >= 0.6 is 11.3 Å². The van der Waals surface area contributed by atoms with E-state index in [1.54, 1.807) is 0 Å². The predicted molar refractivity (Wildman–Crippen MR) is 432 cm³/mol. The molecule has 0 aliphatic carbocycles. The van der Waals surface area contributed by atoms with Crippen molar-refractivity contribution in [3.63, 3.8) is 0 Å². The number of pyridine rings is 1. The van der Waals surface area contributed by atoms with E-state index in [9.17, 15) is 0 Å². The van der Waals surface area contributed by atoms with Crippen molar-refractivity contribution >= 4 is 163 Å². The molecule has 15 aromatic carbocycles. The fourth-order valence-corrected chi connectivity index (χ4v) is 17.7. The van der Waals surface area contributed by atoms with Gasteiger partial charge in [0.05, 0.1) is 49.8 Å². The summed E-state index contributed by atoms with van der Waals surface area (Å²) in [5.74, 6) is 0.925. The average molecular weight is 1330 g/mol. The molecule has 103 heavy (non-hydrogen) atoms. The first-order valence-electron chi connectivity index (χ1n) is 35.0. The Morgan fingerprint density at radius 3 is 0.903 bits per heavy atom. The number of benzene rings is 15. The van der Waals surface area contributed by atoms with E-state index in [4.69, 9.17) is 13.8 Å². The largest absolute Gasteiger partial charge is 0.456 e. The molecule has 0 radical (unpaired) electrons. The molecule has 8 heteroatoms. The molecule has 23 rings (SSSR count). The molecule has 0 fully saturated rings. The maximum absolute atomic E-state index is 6.41. The fourth-order valence-electron chi connectivity index (χ4n) is 16.6. The molecule has 0 atom stereocenters. The SMILES string of the molecule is c1cc(-c2ccc3oc4ccc(-n5c6ccccc6c6ccccc65)cc4c3c2)cc(-c2ccc3oc4ccc(-n5c6ccccc6c6ccccc65)cc4c3c2)c1.c1cc(-c2ccc3sc4ccc(-n5c6ccccc6c6ccccc65)cc4c3c2)nc(-n2c3ccccc3c3ccccc32)c1. The van der Waals surface area contributed by atoms with E-state index in [0.29, 0.717) is 0 Å². The summed E-state index contributed by atoms with van der Waals surface area (Å²) in [6, 6.07) is 124. The first-order chi connectivity index (χ1) is 51.0. The lowest BCUT2D eigenvalue weighted by Gasteiger charge is -2.10. The molecule has 0 aliphatic rings. The lowest BCUT2D eigenvalue weighted by molar-refractivity contribution is 0.668. The third-order valence-corrected chi connectivity index (χ3v) is 22.4. The van der Waals surface area contributed by atoms with Gasteiger partial charge in [-0.05, 0) is 180 Å². The summed E-state index contributed by atoms with van der Waals surface area (Å²) >= 11 is 1.85. The van der Waals surface area contributed by atoms with Gasteiger partial charge in [-0.15, -0.1) is 11.3 Å². The molecular formula is C95H57N5O2S. The Morgan fingerprint density at radius 2 is 0.495 bits per heavy atom. The van der Waals surface area contributed by atoms with Crippen LogP contribution in [-0.2, 0) is 0 Å². The highest BCUT2D eigenvalue weighted by molar-refractivity contribution is 7.25. The highest BCUT2D eigenvalue weighted by atomic mass is 32.1. The van der Waals surface area contributed by atoms with Crippen LogP contribution in [0.4, 0.5) is 0 Å². The molecule has 0 amide bonds. The molecule has 7 nitrogen and oxygen atoms in total. The number of nitrogens with zero attached hydrogens (tertiary/aromatic N) is 5. The number of para-hydroxylation sites is 8. The average Bonchev–Trinajstić information content (AvgIpc) is 1.61. The number of hydrogen-bond donors (Lipinski definition) is 0. The van der Waals surface area contributed by atoms with Crippen LogP contribution in [0.3, 0.4) is 0 Å². The Hall–Kier alpha value is -13.5. The van der Waals surface area contributed by atoms with Crippen molar-refractivity contribution in [1.82, 2.24) is 23.3 Å². The van der Waals surface area contributed by atoms with Gasteiger partial charge in [-0.2, -0.15) is 0 Å². The Morgan fingerprint density at radius 1 is 0.204 bits per heavy atom. The van der Waals surface area contributed by atoms with Crippen molar-refractivity contribution in [3.8, 4) is 56.4 Å². The Balaban J connectivity index is 0.000000134. The molecule has 480 valence electrons. The van der Waals surface area contributed by atoms with Crippen molar-refractivity contribution in [2.75, 3.05) is 0 Å². The minimum absolute atomic E-state index is 0.881. The van der Waals surface area contributed by atoms with Crippen molar-refractivity contribution in [3.05, 3.63) is 346 Å². The van der Waals surface area contributed by atoms with Gasteiger partial charge in [0.15, 0.2) is 0 Å². The molecule has 23 aromatic rings. The fraction of sp³-hybridized carbons (Fsp3) is 0. The topological polar surface area (TPSA) is 58.9 Å². The number of aromatic nitrogens is 5. The van der Waals surface area contributed by atoms with Crippen molar-refractivity contribution < 1.29 is 8.83 Å². The third kappa shape index (κ3) is 8.91. The summed E-state index contributed by atoms with van der Waals surface area (Å²) in [5.41, 5.74) is 23.2. The number of furan rings is 2. The number of hydrogen-bond acceptors (Lipinski definition) is 4. The highest BCUT2D eigenvalue weighted by Crippen LogP contribution is 2.44. The molecule has 0 aliphatic heterocycles. The minimum Gasteiger partial charge on any atom is -0.456 e. The summed E-state index contributed by atoms with van der Waals surface area (Å²) in [5, 5.41) is 17.0. The van der Waals surface area contributed by atoms with E-state index >= 15 is 0 Å². The molecule has 0 spiro atoms. The van der Waals surface area contributed by atoms with Gasteiger partial charge in [0, 0.05) is 107 Å². The van der Waals surface area contributed by atoms with Crippen LogP contribution in [0, 0.1) is 0 Å². The maximum Gasteiger partial charge on any atom is 0.138 e. The molecule has 8 aromatic heterocycles. The standard InChI is InChI=1S/C54H32N2O2.C41H25N3S/c1-5-16-47-39(12-1)40-13-2-6-17-48(40)55(47)37-22-26-53-45(31-37)43-29-35(20-24-51(43)57-53)33-10-9-11-34(28-33)36-21-25-52-44(30-36)46-32-38(23-27-54(46)58-52)56-49-18-7-3-14-41(49)42-15-4-8-19-50(42)56;1-5-15-35-28(10-1)29-11-2-6-16-36(29)43(35)27-21-23-40-33(25-27)32-24-26(20-22-39(32)45-40)34-14-9-19-41(42-34)44-37-17-7-3-12-30(37)31-13-4-8-18-38(31)44/h1-32H;1-25H. The minimum atomic E-state index is 0.881. The molecule has 0 saturated carbocycles. The second kappa shape index (κ2) is 22.5. The predicted octanol–water partition coefficient (Wildman–Crippen LogP) is 26.3. The molecular weight excluding hydrogens is 1280 g/mol. The Kier molecular flexibility index (Phi) is 12.5. The Bertz CT molecular complexity index is 7010. The lowest BCUT2D eigenvalue weighted by atomic mass is 9.97. The monoisotopic (exact) mass is 1330 g/mol. The van der Waals surface area contributed by atoms with Gasteiger partial charge in [-0.3, -0.25) is 4.57 Å². The van der Waals surface area contributed by atoms with Crippen LogP contribution in [-0.4, -0.2) is 23.3 Å². The summed E-state index contributed by atoms with van der Waals surface area (Å²) in [4.78, 5) is 5.25. The van der Waals surface area contributed by atoms with E-state index in [2.05, 4.69) is 364 Å². The summed E-state index contributed by atoms with van der Waals surface area (Å²) in [7, 11) is 0. The van der Waals surface area contributed by atoms with Crippen LogP contribution in [0.1, 0.15) is 0 Å². The molecule has 0 saturated heterocycles. The summed E-state index contributed by atoms with van der Waals surface area (Å²) in [6.45, 7) is 0. The van der Waals surface area contributed by atoms with Crippen LogP contribution in [0.2, 0.25) is 0 Å². The summed E-state index contributed by atoms with van der Waals surface area (Å²) in [6.07, 6.45) is 0. The Labute approximate surface area is 593 Å². The van der Waals surface area contributed by atoms with Gasteiger partial charge in [-0.25, -0.2) is 4.98 Å². The van der Waals surface area contributed by atoms with E-state index < -0.39 is 0 Å². The molecule has 0 bridgehead atoms. The number of fused-ring (bicyclic) bond motifs is 21. The van der Waals surface area contributed by atoms with Gasteiger partial charge < -0.3 is 22.5 Å². The van der Waals surface area contributed by atoms with E-state index in [1.807, 2.05) is 11.3 Å². The normalized spacial score (nSPS) is 12.1. The molecule has 8 heterocycles. The van der Waals surface area contributed by atoms with Gasteiger partial charge >= 0.3 is 0 Å². The zero-order chi connectivity index (χ0) is 67.4. The number of rotatable bonds is 7. The van der Waals surface area contributed by atoms with Gasteiger partial charge in [0.25, 0.3) is 0 Å². The van der Waals surface area contributed by atoms with Crippen LogP contribution < -0.4 is 0 Å². The summed E-state index contributed by atoms with van der Waals surface area (Å²) < 4.78 is 24.8. The smallest absolute Gasteiger partial charge is 0.138 e. The van der Waals surface area contributed by atoms with Crippen molar-refractivity contribution in [2.24, 2.45) is 0 Å². The zero-order valence-corrected chi connectivity index (χ0v) is 56.2. The van der Waals surface area contributed by atoms with Crippen LogP contribution in [0.15, 0.2) is 355 Å². The van der Waals surface area contributed by atoms with Crippen molar-refractivity contribution in [1.29, 1.82) is 0 Å². The second-order valence-corrected chi connectivity index (χ2v) is 28.0. The highest BCUT2D eigenvalue weighted by Gasteiger charge is 2.21. The van der Waals surface area contributed by atoms with E-state index in [0.717, 1.165) is 94.6 Å². The first-order valence-corrected chi connectivity index (χ1v) is 35.8. The quantitative estimate of drug-likeness (QED) is 0.160. The molecule has 0 N–H and O–H groups in total. The first kappa shape index (κ1) is 57.4. The van der Waals surface area contributed by atoms with E-state index in [1.165, 1.54) is 113 Å². The van der Waals surface area contributed by atoms with Crippen molar-refractivity contribution in [2.45, 2.75) is 0 Å². The second-order valence-electron chi connectivity index (χ2n) is 26.9. The zero-order valence-electron chi connectivity index (χ0n) is 55.4. The van der Waals surface area contributed by atoms with Gasteiger partial charge in [-0.1, -0.05) is 188 Å². The van der Waals surface area contributed by atoms with Gasteiger partial charge in [0.1, 0.15) is 28.1 Å². The van der Waals surface area contributed by atoms with E-state index in [-0.39, 0.29) is 0 Å². The third-order valence-electron chi connectivity index (χ3n) is 21.2. The lowest BCUT2D eigenvalue weighted by Crippen LogP contribution is -1.98. The van der Waals surface area contributed by atoms with Crippen LogP contribution in [0.25, 0.3) is 208 Å². The van der Waals surface area contributed by atoms with Crippen LogP contribution in [0.5, 0.6) is 0 Å². The van der Waals surface area contributed by atoms with Gasteiger partial charge in [0.2, 0.25) is 0 Å². The number of thiophene rings is 1.